The molecule has 1 fully saturated rings. The van der Waals surface area contributed by atoms with Gasteiger partial charge in [0.1, 0.15) is 12.7 Å². The van der Waals surface area contributed by atoms with E-state index in [1.54, 1.807) is 0 Å². The van der Waals surface area contributed by atoms with Gasteiger partial charge < -0.3 is 14.8 Å². The summed E-state index contributed by atoms with van der Waals surface area (Å²) in [6, 6.07) is 8.59. The Kier molecular flexibility index (Phi) is 5.02. The van der Waals surface area contributed by atoms with Gasteiger partial charge in [0.2, 0.25) is 0 Å². The Labute approximate surface area is 128 Å². The summed E-state index contributed by atoms with van der Waals surface area (Å²) in [7, 11) is 0. The van der Waals surface area contributed by atoms with Gasteiger partial charge in [-0.25, -0.2) is 0 Å². The fraction of sp³-hybridized carbons (Fsp3) is 0.667. The van der Waals surface area contributed by atoms with E-state index in [9.17, 15) is 0 Å². The van der Waals surface area contributed by atoms with Crippen molar-refractivity contribution in [3.63, 3.8) is 0 Å². The van der Waals surface area contributed by atoms with E-state index in [1.165, 1.54) is 38.5 Å². The molecule has 1 N–H and O–H groups in total. The second-order valence-electron chi connectivity index (χ2n) is 6.41. The molecular weight excluding hydrogens is 262 g/mol. The van der Waals surface area contributed by atoms with Crippen molar-refractivity contribution in [1.82, 2.24) is 5.32 Å². The summed E-state index contributed by atoms with van der Waals surface area (Å²) < 4.78 is 11.8. The molecule has 0 bridgehead atoms. The number of benzene rings is 1. The summed E-state index contributed by atoms with van der Waals surface area (Å²) in [5.74, 6) is 2.71. The highest BCUT2D eigenvalue weighted by atomic mass is 16.6. The molecule has 1 aliphatic heterocycles. The Balaban J connectivity index is 1.41. The van der Waals surface area contributed by atoms with Crippen LogP contribution in [0.5, 0.6) is 11.5 Å². The molecule has 1 saturated carbocycles. The first-order valence-electron chi connectivity index (χ1n) is 8.47. The molecule has 0 amide bonds. The molecule has 1 aliphatic carbocycles. The lowest BCUT2D eigenvalue weighted by Crippen LogP contribution is -2.43. The van der Waals surface area contributed by atoms with E-state index < -0.39 is 0 Å². The normalized spacial score (nSPS) is 28.3. The molecule has 0 spiro atoms. The van der Waals surface area contributed by atoms with Crippen LogP contribution in [0, 0.1) is 5.92 Å². The van der Waals surface area contributed by atoms with Crippen molar-refractivity contribution in [3.8, 4) is 11.5 Å². The molecule has 116 valence electrons. The molecule has 0 saturated heterocycles. The summed E-state index contributed by atoms with van der Waals surface area (Å²) in [5, 5.41) is 3.68. The standard InChI is InChI=1S/C18H27NO2/c1-2-5-14-8-10-15(11-9-14)19-12-16-13-20-17-6-3-4-7-18(17)21-16/h3-4,6-7,14-16,19H,2,5,8-13H2,1H3. The molecule has 1 aromatic rings. The zero-order chi connectivity index (χ0) is 14.5. The maximum Gasteiger partial charge on any atom is 0.161 e. The highest BCUT2D eigenvalue weighted by Gasteiger charge is 2.24. The van der Waals surface area contributed by atoms with Crippen LogP contribution in [0.15, 0.2) is 24.3 Å². The molecule has 21 heavy (non-hydrogen) atoms. The van der Waals surface area contributed by atoms with Crippen LogP contribution in [0.3, 0.4) is 0 Å². The Hall–Kier alpha value is -1.22. The van der Waals surface area contributed by atoms with Crippen LogP contribution in [-0.2, 0) is 0 Å². The fourth-order valence-electron chi connectivity index (χ4n) is 3.53. The van der Waals surface area contributed by atoms with Gasteiger partial charge in [-0.15, -0.1) is 0 Å². The summed E-state index contributed by atoms with van der Waals surface area (Å²) >= 11 is 0. The number of hydrogen-bond acceptors (Lipinski definition) is 3. The Morgan fingerprint density at radius 2 is 1.86 bits per heavy atom. The SMILES string of the molecule is CCCC1CCC(NCC2COc3ccccc3O2)CC1. The second-order valence-corrected chi connectivity index (χ2v) is 6.41. The van der Waals surface area contributed by atoms with Gasteiger partial charge >= 0.3 is 0 Å². The van der Waals surface area contributed by atoms with Crippen molar-refractivity contribution < 1.29 is 9.47 Å². The lowest BCUT2D eigenvalue weighted by Gasteiger charge is -2.32. The fourth-order valence-corrected chi connectivity index (χ4v) is 3.53. The lowest BCUT2D eigenvalue weighted by atomic mass is 9.83. The van der Waals surface area contributed by atoms with Crippen LogP contribution in [-0.4, -0.2) is 25.3 Å². The third kappa shape index (κ3) is 3.91. The van der Waals surface area contributed by atoms with Crippen LogP contribution in [0.4, 0.5) is 0 Å². The van der Waals surface area contributed by atoms with Gasteiger partial charge in [-0.3, -0.25) is 0 Å². The van der Waals surface area contributed by atoms with Crippen molar-refractivity contribution >= 4 is 0 Å². The molecule has 3 nitrogen and oxygen atoms in total. The monoisotopic (exact) mass is 289 g/mol. The van der Waals surface area contributed by atoms with E-state index in [0.717, 1.165) is 24.0 Å². The predicted molar refractivity (Wildman–Crippen MR) is 85.0 cm³/mol. The predicted octanol–water partition coefficient (Wildman–Crippen LogP) is 3.77. The number of rotatable bonds is 5. The molecule has 1 heterocycles. The van der Waals surface area contributed by atoms with Crippen LogP contribution in [0.2, 0.25) is 0 Å². The summed E-state index contributed by atoms with van der Waals surface area (Å²) in [6.07, 6.45) is 8.27. The lowest BCUT2D eigenvalue weighted by molar-refractivity contribution is 0.0859. The van der Waals surface area contributed by atoms with Crippen LogP contribution in [0.25, 0.3) is 0 Å². The minimum atomic E-state index is 0.133. The largest absolute Gasteiger partial charge is 0.486 e. The first kappa shape index (κ1) is 14.7. The average molecular weight is 289 g/mol. The molecule has 1 atom stereocenters. The maximum atomic E-state index is 6.00. The van der Waals surface area contributed by atoms with Crippen LogP contribution >= 0.6 is 0 Å². The molecule has 3 rings (SSSR count). The van der Waals surface area contributed by atoms with Gasteiger partial charge in [0.05, 0.1) is 0 Å². The summed E-state index contributed by atoms with van der Waals surface area (Å²) in [4.78, 5) is 0. The van der Waals surface area contributed by atoms with E-state index in [0.29, 0.717) is 12.6 Å². The van der Waals surface area contributed by atoms with Gasteiger partial charge in [0.15, 0.2) is 11.5 Å². The highest BCUT2D eigenvalue weighted by molar-refractivity contribution is 5.40. The van der Waals surface area contributed by atoms with E-state index in [4.69, 9.17) is 9.47 Å². The quantitative estimate of drug-likeness (QED) is 0.895. The van der Waals surface area contributed by atoms with E-state index in [-0.39, 0.29) is 6.10 Å². The van der Waals surface area contributed by atoms with E-state index in [2.05, 4.69) is 12.2 Å². The number of fused-ring (bicyclic) bond motifs is 1. The minimum Gasteiger partial charge on any atom is -0.486 e. The first-order valence-corrected chi connectivity index (χ1v) is 8.47. The van der Waals surface area contributed by atoms with Gasteiger partial charge in [0, 0.05) is 12.6 Å². The smallest absolute Gasteiger partial charge is 0.161 e. The van der Waals surface area contributed by atoms with Crippen molar-refractivity contribution in [1.29, 1.82) is 0 Å². The van der Waals surface area contributed by atoms with Gasteiger partial charge in [0.25, 0.3) is 0 Å². The molecular formula is C18H27NO2. The number of hydrogen-bond donors (Lipinski definition) is 1. The molecule has 1 aromatic carbocycles. The summed E-state index contributed by atoms with van der Waals surface area (Å²) in [6.45, 7) is 3.83. The Morgan fingerprint density at radius 1 is 1.10 bits per heavy atom. The average Bonchev–Trinajstić information content (AvgIpc) is 2.54. The van der Waals surface area contributed by atoms with Gasteiger partial charge in [-0.05, 0) is 43.7 Å². The second kappa shape index (κ2) is 7.17. The topological polar surface area (TPSA) is 30.5 Å². The van der Waals surface area contributed by atoms with Crippen molar-refractivity contribution in [2.75, 3.05) is 13.2 Å². The van der Waals surface area contributed by atoms with Crippen molar-refractivity contribution in [3.05, 3.63) is 24.3 Å². The van der Waals surface area contributed by atoms with Crippen LogP contribution in [0.1, 0.15) is 45.4 Å². The van der Waals surface area contributed by atoms with Crippen LogP contribution < -0.4 is 14.8 Å². The number of ether oxygens (including phenoxy) is 2. The first-order chi connectivity index (χ1) is 10.3. The Bertz CT molecular complexity index is 441. The number of para-hydroxylation sites is 2. The van der Waals surface area contributed by atoms with E-state index >= 15 is 0 Å². The Morgan fingerprint density at radius 3 is 2.62 bits per heavy atom. The zero-order valence-corrected chi connectivity index (χ0v) is 13.0. The van der Waals surface area contributed by atoms with Crippen molar-refractivity contribution in [2.24, 2.45) is 5.92 Å². The highest BCUT2D eigenvalue weighted by Crippen LogP contribution is 2.31. The number of nitrogens with one attached hydrogen (secondary N) is 1. The van der Waals surface area contributed by atoms with E-state index in [1.807, 2.05) is 24.3 Å². The van der Waals surface area contributed by atoms with Gasteiger partial charge in [-0.2, -0.15) is 0 Å². The third-order valence-corrected chi connectivity index (χ3v) is 4.75. The molecule has 0 radical (unpaired) electrons. The summed E-state index contributed by atoms with van der Waals surface area (Å²) in [5.41, 5.74) is 0. The minimum absolute atomic E-state index is 0.133. The molecule has 3 heteroatoms. The maximum absolute atomic E-state index is 6.00. The zero-order valence-electron chi connectivity index (χ0n) is 13.0. The van der Waals surface area contributed by atoms with Crippen molar-refractivity contribution in [2.45, 2.75) is 57.6 Å². The van der Waals surface area contributed by atoms with Gasteiger partial charge in [-0.1, -0.05) is 31.9 Å². The molecule has 2 aliphatic rings. The third-order valence-electron chi connectivity index (χ3n) is 4.75. The molecule has 0 aromatic heterocycles. The molecule has 1 unspecified atom stereocenters.